The molecule has 0 saturated carbocycles. The summed E-state index contributed by atoms with van der Waals surface area (Å²) >= 11 is 1.91. The highest BCUT2D eigenvalue weighted by Crippen LogP contribution is 2.32. The highest BCUT2D eigenvalue weighted by Gasteiger charge is 2.14. The number of nitrogens with two attached hydrogens (primary N) is 1. The summed E-state index contributed by atoms with van der Waals surface area (Å²) in [6.07, 6.45) is 0.335. The lowest BCUT2D eigenvalue weighted by atomic mass is 10.2. The zero-order chi connectivity index (χ0) is 14.5. The summed E-state index contributed by atoms with van der Waals surface area (Å²) in [6.45, 7) is 0.463. The number of benzene rings is 2. The predicted molar refractivity (Wildman–Crippen MR) is 87.2 cm³/mol. The van der Waals surface area contributed by atoms with Gasteiger partial charge in [-0.2, -0.15) is 5.26 Å². The molecule has 0 radical (unpaired) electrons. The van der Waals surface area contributed by atoms with E-state index in [0.717, 1.165) is 5.69 Å². The molecule has 0 aliphatic rings. The van der Waals surface area contributed by atoms with E-state index in [9.17, 15) is 4.39 Å². The van der Waals surface area contributed by atoms with Crippen LogP contribution in [0.5, 0.6) is 0 Å². The molecule has 0 aromatic heterocycles. The zero-order valence-corrected chi connectivity index (χ0v) is 12.8. The Morgan fingerprint density at radius 3 is 2.60 bits per heavy atom. The van der Waals surface area contributed by atoms with E-state index in [0.29, 0.717) is 27.9 Å². The lowest BCUT2D eigenvalue weighted by Crippen LogP contribution is -2.19. The van der Waals surface area contributed by atoms with E-state index >= 15 is 0 Å². The molecule has 0 saturated heterocycles. The van der Waals surface area contributed by atoms with Gasteiger partial charge in [0.2, 0.25) is 0 Å². The third kappa shape index (κ3) is 3.20. The molecule has 0 heterocycles. The lowest BCUT2D eigenvalue weighted by molar-refractivity contribution is 0.620. The van der Waals surface area contributed by atoms with E-state index in [2.05, 4.69) is 6.07 Å². The van der Waals surface area contributed by atoms with Gasteiger partial charge in [0.05, 0.1) is 27.4 Å². The van der Waals surface area contributed by atoms with Gasteiger partial charge in [-0.3, -0.25) is 0 Å². The Kier molecular flexibility index (Phi) is 4.79. The Hall–Kier alpha value is -1.81. The predicted octanol–water partition coefficient (Wildman–Crippen LogP) is 4.06. The van der Waals surface area contributed by atoms with Gasteiger partial charge in [0.1, 0.15) is 5.82 Å². The summed E-state index contributed by atoms with van der Waals surface area (Å²) in [5.41, 5.74) is 7.97. The van der Waals surface area contributed by atoms with Crippen molar-refractivity contribution in [1.29, 1.82) is 5.26 Å². The molecule has 2 rings (SSSR count). The quantitative estimate of drug-likeness (QED) is 0.642. The molecule has 102 valence electrons. The first-order valence-corrected chi connectivity index (χ1v) is 7.15. The Labute approximate surface area is 131 Å². The Balaban J connectivity index is 2.47. The number of nitrogens with zero attached hydrogens (tertiary/aromatic N) is 2. The zero-order valence-electron chi connectivity index (χ0n) is 10.7. The topological polar surface area (TPSA) is 53.0 Å². The second kappa shape index (κ2) is 6.57. The van der Waals surface area contributed by atoms with Gasteiger partial charge in [0, 0.05) is 18.3 Å². The molecule has 3 nitrogen and oxygen atoms in total. The van der Waals surface area contributed by atoms with E-state index in [-0.39, 0.29) is 5.82 Å². The number of rotatable bonds is 4. The van der Waals surface area contributed by atoms with E-state index in [4.69, 9.17) is 11.0 Å². The number of hydrogen-bond donors (Lipinski definition) is 1. The van der Waals surface area contributed by atoms with Crippen LogP contribution in [0.25, 0.3) is 0 Å². The number of anilines is 3. The summed E-state index contributed by atoms with van der Waals surface area (Å²) in [4.78, 5) is 1.86. The van der Waals surface area contributed by atoms with Gasteiger partial charge in [-0.25, -0.2) is 4.39 Å². The van der Waals surface area contributed by atoms with Crippen LogP contribution in [0, 0.1) is 20.7 Å². The Morgan fingerprint density at radius 2 is 1.95 bits per heavy atom. The highest BCUT2D eigenvalue weighted by molar-refractivity contribution is 14.1. The van der Waals surface area contributed by atoms with E-state index in [1.165, 1.54) is 6.07 Å². The second-order valence-corrected chi connectivity index (χ2v) is 5.38. The molecule has 0 amide bonds. The fourth-order valence-corrected chi connectivity index (χ4v) is 2.44. The van der Waals surface area contributed by atoms with Crippen molar-refractivity contribution in [3.63, 3.8) is 0 Å². The Bertz CT molecular complexity index is 638. The van der Waals surface area contributed by atoms with Crippen molar-refractivity contribution in [2.75, 3.05) is 17.2 Å². The summed E-state index contributed by atoms with van der Waals surface area (Å²) in [6, 6.07) is 14.6. The number of hydrogen-bond acceptors (Lipinski definition) is 3. The van der Waals surface area contributed by atoms with Crippen LogP contribution in [0.15, 0.2) is 42.5 Å². The van der Waals surface area contributed by atoms with Gasteiger partial charge in [-0.1, -0.05) is 18.2 Å². The first-order chi connectivity index (χ1) is 9.63. The smallest absolute Gasteiger partial charge is 0.138 e. The third-order valence-electron chi connectivity index (χ3n) is 2.88. The third-order valence-corrected chi connectivity index (χ3v) is 3.70. The summed E-state index contributed by atoms with van der Waals surface area (Å²) < 4.78 is 14.3. The number of para-hydroxylation sites is 1. The van der Waals surface area contributed by atoms with Crippen LogP contribution < -0.4 is 10.6 Å². The van der Waals surface area contributed by atoms with Gasteiger partial charge >= 0.3 is 0 Å². The van der Waals surface area contributed by atoms with Crippen molar-refractivity contribution in [2.45, 2.75) is 6.42 Å². The van der Waals surface area contributed by atoms with Crippen molar-refractivity contribution < 1.29 is 4.39 Å². The number of halogens is 2. The van der Waals surface area contributed by atoms with Crippen LogP contribution >= 0.6 is 22.6 Å². The average molecular weight is 381 g/mol. The van der Waals surface area contributed by atoms with E-state index < -0.39 is 0 Å². The van der Waals surface area contributed by atoms with Crippen LogP contribution in [0.4, 0.5) is 21.5 Å². The van der Waals surface area contributed by atoms with Crippen LogP contribution in [0.2, 0.25) is 0 Å². The molecule has 20 heavy (non-hydrogen) atoms. The maximum Gasteiger partial charge on any atom is 0.138 e. The molecule has 0 spiro atoms. The monoisotopic (exact) mass is 381 g/mol. The van der Waals surface area contributed by atoms with Crippen LogP contribution in [0.1, 0.15) is 6.42 Å². The van der Waals surface area contributed by atoms with Crippen LogP contribution in [-0.2, 0) is 0 Å². The normalized spacial score (nSPS) is 10.1. The maximum absolute atomic E-state index is 13.8. The molecule has 0 fully saturated rings. The van der Waals surface area contributed by atoms with Crippen molar-refractivity contribution in [1.82, 2.24) is 0 Å². The minimum absolute atomic E-state index is 0.312. The molecule has 0 atom stereocenters. The molecule has 0 bridgehead atoms. The SMILES string of the molecule is N#CCCN(c1ccccc1)c1cc(F)c(I)cc1N. The van der Waals surface area contributed by atoms with Gasteiger partial charge < -0.3 is 10.6 Å². The summed E-state index contributed by atoms with van der Waals surface area (Å²) in [5, 5.41) is 8.79. The standard InChI is InChI=1S/C15H13FIN3/c16-12-9-15(14(19)10-13(12)17)20(8-4-7-18)11-5-2-1-3-6-11/h1-3,5-6,9-10H,4,8,19H2. The van der Waals surface area contributed by atoms with Crippen molar-refractivity contribution in [3.8, 4) is 6.07 Å². The Morgan fingerprint density at radius 1 is 1.25 bits per heavy atom. The largest absolute Gasteiger partial charge is 0.397 e. The van der Waals surface area contributed by atoms with Crippen molar-refractivity contribution in [3.05, 3.63) is 51.9 Å². The highest BCUT2D eigenvalue weighted by atomic mass is 127. The van der Waals surface area contributed by atoms with Gasteiger partial charge in [-0.05, 0) is 40.8 Å². The van der Waals surface area contributed by atoms with Crippen LogP contribution in [0.3, 0.4) is 0 Å². The molecular formula is C15H13FIN3. The molecule has 0 aliphatic heterocycles. The molecule has 2 N–H and O–H groups in total. The molecule has 5 heteroatoms. The van der Waals surface area contributed by atoms with Crippen molar-refractivity contribution in [2.24, 2.45) is 0 Å². The minimum atomic E-state index is -0.312. The van der Waals surface area contributed by atoms with Gasteiger partial charge in [-0.15, -0.1) is 0 Å². The van der Waals surface area contributed by atoms with E-state index in [1.807, 2.05) is 57.8 Å². The minimum Gasteiger partial charge on any atom is -0.397 e. The fraction of sp³-hybridized carbons (Fsp3) is 0.133. The number of nitrogen functional groups attached to an aromatic ring is 1. The van der Waals surface area contributed by atoms with Gasteiger partial charge in [0.15, 0.2) is 0 Å². The molecular weight excluding hydrogens is 368 g/mol. The fourth-order valence-electron chi connectivity index (χ4n) is 1.94. The lowest BCUT2D eigenvalue weighted by Gasteiger charge is -2.25. The summed E-state index contributed by atoms with van der Waals surface area (Å²) in [7, 11) is 0. The van der Waals surface area contributed by atoms with Crippen LogP contribution in [-0.4, -0.2) is 6.54 Å². The molecule has 0 unspecified atom stereocenters. The maximum atomic E-state index is 13.8. The summed E-state index contributed by atoms with van der Waals surface area (Å²) in [5.74, 6) is -0.312. The first kappa shape index (κ1) is 14.6. The van der Waals surface area contributed by atoms with E-state index in [1.54, 1.807) is 6.07 Å². The molecule has 0 aliphatic carbocycles. The van der Waals surface area contributed by atoms with Gasteiger partial charge in [0.25, 0.3) is 0 Å². The molecule has 2 aromatic carbocycles. The number of nitriles is 1. The molecule has 2 aromatic rings. The second-order valence-electron chi connectivity index (χ2n) is 4.22. The first-order valence-electron chi connectivity index (χ1n) is 6.07. The van der Waals surface area contributed by atoms with Crippen molar-refractivity contribution >= 4 is 39.7 Å². The average Bonchev–Trinajstić information content (AvgIpc) is 2.45.